The van der Waals surface area contributed by atoms with Crippen LogP contribution in [-0.2, 0) is 15.3 Å². The fraction of sp³-hybridized carbons (Fsp3) is 0.286. The molecule has 0 radical (unpaired) electrons. The van der Waals surface area contributed by atoms with Gasteiger partial charge in [0, 0.05) is 6.07 Å². The molecular weight excluding hydrogens is 424 g/mol. The Morgan fingerprint density at radius 2 is 1.80 bits per heavy atom. The van der Waals surface area contributed by atoms with Crippen LogP contribution in [0.5, 0.6) is 5.75 Å². The Labute approximate surface area is 180 Å². The molecule has 0 saturated carbocycles. The summed E-state index contributed by atoms with van der Waals surface area (Å²) in [4.78, 5) is 0.135. The number of hydrogen-bond donors (Lipinski definition) is 0. The van der Waals surface area contributed by atoms with Crippen LogP contribution in [-0.4, -0.2) is 30.5 Å². The second-order valence-corrected chi connectivity index (χ2v) is 10.1. The Morgan fingerprint density at radius 3 is 2.33 bits per heavy atom. The Kier molecular flexibility index (Phi) is 5.63. The van der Waals surface area contributed by atoms with Crippen molar-refractivity contribution in [2.45, 2.75) is 43.0 Å². The van der Waals surface area contributed by atoms with E-state index in [-0.39, 0.29) is 25.9 Å². The largest absolute Gasteiger partial charge is 0.494 e. The van der Waals surface area contributed by atoms with Crippen molar-refractivity contribution >= 4 is 21.4 Å². The lowest BCUT2D eigenvalue weighted by Crippen LogP contribution is -2.12. The first kappa shape index (κ1) is 21.8. The van der Waals surface area contributed by atoms with Gasteiger partial charge < -0.3 is 4.74 Å². The molecule has 7 nitrogen and oxygen atoms in total. The molecule has 30 heavy (non-hydrogen) atoms. The van der Waals surface area contributed by atoms with E-state index in [0.717, 1.165) is 5.56 Å². The third-order valence-electron chi connectivity index (χ3n) is 4.75. The van der Waals surface area contributed by atoms with Crippen molar-refractivity contribution in [3.63, 3.8) is 0 Å². The highest BCUT2D eigenvalue weighted by molar-refractivity contribution is 7.91. The molecule has 0 fully saturated rings. The van der Waals surface area contributed by atoms with E-state index in [1.54, 1.807) is 31.2 Å². The molecule has 0 bridgehead atoms. The first-order valence-corrected chi connectivity index (χ1v) is 10.9. The molecule has 0 N–H and O–H groups in total. The number of nitrogens with zero attached hydrogens (tertiary/aromatic N) is 4. The molecule has 3 rings (SSSR count). The fourth-order valence-corrected chi connectivity index (χ4v) is 4.53. The molecule has 0 saturated heterocycles. The van der Waals surface area contributed by atoms with Crippen molar-refractivity contribution in [1.29, 1.82) is 5.26 Å². The second-order valence-electron chi connectivity index (χ2n) is 7.79. The topological polar surface area (TPSA) is 97.9 Å². The van der Waals surface area contributed by atoms with E-state index in [1.165, 1.54) is 23.9 Å². The predicted molar refractivity (Wildman–Crippen MR) is 113 cm³/mol. The lowest BCUT2D eigenvalue weighted by atomic mass is 9.87. The van der Waals surface area contributed by atoms with Crippen molar-refractivity contribution < 1.29 is 13.2 Å². The Balaban J connectivity index is 2.10. The Hall–Kier alpha value is -2.89. The van der Waals surface area contributed by atoms with Crippen LogP contribution in [0.1, 0.15) is 37.6 Å². The van der Waals surface area contributed by atoms with Gasteiger partial charge >= 0.3 is 0 Å². The van der Waals surface area contributed by atoms with E-state index in [1.807, 2.05) is 6.07 Å². The number of benzene rings is 2. The zero-order valence-corrected chi connectivity index (χ0v) is 18.8. The van der Waals surface area contributed by atoms with Gasteiger partial charge in [0.15, 0.2) is 0 Å². The van der Waals surface area contributed by atoms with Crippen LogP contribution in [0, 0.1) is 18.3 Å². The molecule has 3 aromatic rings. The van der Waals surface area contributed by atoms with Crippen molar-refractivity contribution in [2.75, 3.05) is 7.11 Å². The van der Waals surface area contributed by atoms with E-state index in [9.17, 15) is 8.42 Å². The summed E-state index contributed by atoms with van der Waals surface area (Å²) >= 11 is 6.15. The minimum absolute atomic E-state index is 0.0905. The summed E-state index contributed by atoms with van der Waals surface area (Å²) < 4.78 is 33.0. The number of halogens is 1. The highest BCUT2D eigenvalue weighted by Gasteiger charge is 2.27. The molecular formula is C21H21ClN4O3S. The number of nitriles is 1. The van der Waals surface area contributed by atoms with Gasteiger partial charge in [-0.25, -0.2) is 13.1 Å². The molecule has 1 aromatic heterocycles. The number of aromatic nitrogens is 3. The monoisotopic (exact) mass is 444 g/mol. The normalized spacial score (nSPS) is 11.9. The molecule has 1 heterocycles. The molecule has 0 aliphatic rings. The quantitative estimate of drug-likeness (QED) is 0.596. The van der Waals surface area contributed by atoms with Gasteiger partial charge in [0.2, 0.25) is 14.9 Å². The van der Waals surface area contributed by atoms with Crippen LogP contribution in [0.25, 0.3) is 5.69 Å². The third kappa shape index (κ3) is 3.78. The van der Waals surface area contributed by atoms with Gasteiger partial charge in [-0.05, 0) is 36.1 Å². The maximum atomic E-state index is 13.2. The van der Waals surface area contributed by atoms with Gasteiger partial charge in [0.1, 0.15) is 17.5 Å². The SMILES string of the molecule is COc1cc(C#N)c(Cl)cc1-n1nnc(S(=O)(=O)c2ccc(C(C)(C)C)cc2)c1C. The number of rotatable bonds is 4. The molecule has 0 aliphatic heterocycles. The number of methoxy groups -OCH3 is 1. The van der Waals surface area contributed by atoms with Gasteiger partial charge in [-0.2, -0.15) is 5.26 Å². The molecule has 156 valence electrons. The summed E-state index contributed by atoms with van der Waals surface area (Å²) in [5.74, 6) is 0.322. The van der Waals surface area contributed by atoms with Crippen molar-refractivity contribution in [3.05, 3.63) is 58.2 Å². The summed E-state index contributed by atoms with van der Waals surface area (Å²) in [5.41, 5.74) is 1.86. The van der Waals surface area contributed by atoms with E-state index in [2.05, 4.69) is 31.1 Å². The first-order chi connectivity index (χ1) is 14.0. The van der Waals surface area contributed by atoms with Crippen LogP contribution in [0.4, 0.5) is 0 Å². The Bertz CT molecular complexity index is 1250. The first-order valence-electron chi connectivity index (χ1n) is 9.06. The van der Waals surface area contributed by atoms with Crippen LogP contribution in [0.2, 0.25) is 5.02 Å². The summed E-state index contributed by atoms with van der Waals surface area (Å²) in [6.07, 6.45) is 0. The lowest BCUT2D eigenvalue weighted by molar-refractivity contribution is 0.411. The standard InChI is InChI=1S/C21H21ClN4O3S/c1-13-20(30(27,28)16-8-6-15(7-9-16)21(2,3)4)24-25-26(13)18-11-17(22)14(12-23)10-19(18)29-5/h6-11H,1-5H3. The summed E-state index contributed by atoms with van der Waals surface area (Å²) in [7, 11) is -2.44. The third-order valence-corrected chi connectivity index (χ3v) is 6.85. The molecule has 2 aromatic carbocycles. The molecule has 9 heteroatoms. The van der Waals surface area contributed by atoms with Crippen LogP contribution < -0.4 is 4.74 Å². The summed E-state index contributed by atoms with van der Waals surface area (Å²) in [6.45, 7) is 7.77. The average molecular weight is 445 g/mol. The van der Waals surface area contributed by atoms with Gasteiger partial charge in [-0.3, -0.25) is 0 Å². The van der Waals surface area contributed by atoms with E-state index < -0.39 is 9.84 Å². The van der Waals surface area contributed by atoms with Crippen molar-refractivity contribution in [2.24, 2.45) is 0 Å². The second kappa shape index (κ2) is 7.74. The summed E-state index contributed by atoms with van der Waals surface area (Å²) in [6, 6.07) is 11.7. The predicted octanol–water partition coefficient (Wildman–Crippen LogP) is 4.24. The average Bonchev–Trinajstić information content (AvgIpc) is 3.09. The molecule has 0 spiro atoms. The molecule has 0 aliphatic carbocycles. The van der Waals surface area contributed by atoms with Crippen LogP contribution in [0.15, 0.2) is 46.3 Å². The Morgan fingerprint density at radius 1 is 1.17 bits per heavy atom. The number of sulfone groups is 1. The van der Waals surface area contributed by atoms with E-state index in [0.29, 0.717) is 17.1 Å². The maximum Gasteiger partial charge on any atom is 0.227 e. The lowest BCUT2D eigenvalue weighted by Gasteiger charge is -2.19. The zero-order chi connectivity index (χ0) is 22.3. The van der Waals surface area contributed by atoms with Gasteiger partial charge in [-0.1, -0.05) is 49.7 Å². The van der Waals surface area contributed by atoms with E-state index in [4.69, 9.17) is 21.6 Å². The van der Waals surface area contributed by atoms with Crippen LogP contribution >= 0.6 is 11.6 Å². The molecule has 0 atom stereocenters. The van der Waals surface area contributed by atoms with Gasteiger partial charge in [-0.15, -0.1) is 5.10 Å². The smallest absolute Gasteiger partial charge is 0.227 e. The summed E-state index contributed by atoms with van der Waals surface area (Å²) in [5, 5.41) is 17.1. The molecule has 0 unspecified atom stereocenters. The van der Waals surface area contributed by atoms with Crippen molar-refractivity contribution in [1.82, 2.24) is 15.0 Å². The minimum atomic E-state index is -3.88. The highest BCUT2D eigenvalue weighted by Crippen LogP contribution is 2.32. The maximum absolute atomic E-state index is 13.2. The van der Waals surface area contributed by atoms with Gasteiger partial charge in [0.05, 0.1) is 28.3 Å². The molecule has 0 amide bonds. The van der Waals surface area contributed by atoms with Crippen molar-refractivity contribution in [3.8, 4) is 17.5 Å². The zero-order valence-electron chi connectivity index (χ0n) is 17.3. The fourth-order valence-electron chi connectivity index (χ4n) is 3.00. The van der Waals surface area contributed by atoms with Crippen LogP contribution in [0.3, 0.4) is 0 Å². The van der Waals surface area contributed by atoms with Gasteiger partial charge in [0.25, 0.3) is 0 Å². The number of ether oxygens (including phenoxy) is 1. The highest BCUT2D eigenvalue weighted by atomic mass is 35.5. The van der Waals surface area contributed by atoms with E-state index >= 15 is 0 Å². The minimum Gasteiger partial charge on any atom is -0.494 e. The number of hydrogen-bond acceptors (Lipinski definition) is 6.